The molecule has 0 saturated heterocycles. The topological polar surface area (TPSA) is 76.0 Å². The van der Waals surface area contributed by atoms with Crippen molar-refractivity contribution < 1.29 is 24.5 Å². The molecular weight excluding hydrogens is 224 g/mol. The van der Waals surface area contributed by atoms with Crippen LogP contribution in [0.15, 0.2) is 12.1 Å². The standard InChI is InChI=1S/C12H16O5/c1-4-7-9(16-2)6-5-8(11(7)17-3)10(13)12(14)15/h5-6,10,13H,4H2,1-3H3,(H,14,15). The van der Waals surface area contributed by atoms with Crippen molar-refractivity contribution >= 4 is 5.97 Å². The third kappa shape index (κ3) is 2.50. The minimum atomic E-state index is -1.60. The molecule has 1 aromatic rings. The van der Waals surface area contributed by atoms with E-state index in [-0.39, 0.29) is 5.56 Å². The van der Waals surface area contributed by atoms with Crippen molar-refractivity contribution in [3.8, 4) is 11.5 Å². The maximum absolute atomic E-state index is 10.8. The van der Waals surface area contributed by atoms with Crippen LogP contribution in [0.5, 0.6) is 11.5 Å². The van der Waals surface area contributed by atoms with E-state index in [0.29, 0.717) is 17.9 Å². The molecule has 0 aliphatic carbocycles. The highest BCUT2D eigenvalue weighted by Crippen LogP contribution is 2.35. The number of carboxylic acids is 1. The molecule has 17 heavy (non-hydrogen) atoms. The summed E-state index contributed by atoms with van der Waals surface area (Å²) in [5, 5.41) is 18.4. The van der Waals surface area contributed by atoms with Gasteiger partial charge in [0.05, 0.1) is 14.2 Å². The van der Waals surface area contributed by atoms with Crippen molar-refractivity contribution in [2.45, 2.75) is 19.4 Å². The SMILES string of the molecule is CCc1c(OC)ccc(C(O)C(=O)O)c1OC. The smallest absolute Gasteiger partial charge is 0.337 e. The molecule has 1 aromatic carbocycles. The number of rotatable bonds is 5. The number of methoxy groups -OCH3 is 2. The Hall–Kier alpha value is -1.75. The van der Waals surface area contributed by atoms with E-state index in [1.54, 1.807) is 6.07 Å². The van der Waals surface area contributed by atoms with Crippen LogP contribution >= 0.6 is 0 Å². The highest BCUT2D eigenvalue weighted by molar-refractivity contribution is 5.76. The molecule has 0 saturated carbocycles. The Morgan fingerprint density at radius 3 is 2.41 bits per heavy atom. The normalized spacial score (nSPS) is 12.0. The van der Waals surface area contributed by atoms with Crippen LogP contribution in [0.1, 0.15) is 24.2 Å². The molecule has 0 amide bonds. The molecule has 1 atom stereocenters. The number of ether oxygens (including phenoxy) is 2. The van der Waals surface area contributed by atoms with E-state index in [1.807, 2.05) is 6.92 Å². The first-order chi connectivity index (χ1) is 8.06. The fourth-order valence-corrected chi connectivity index (χ4v) is 1.74. The van der Waals surface area contributed by atoms with Crippen molar-refractivity contribution in [1.82, 2.24) is 0 Å². The minimum Gasteiger partial charge on any atom is -0.496 e. The zero-order valence-corrected chi connectivity index (χ0v) is 10.1. The molecule has 0 aliphatic heterocycles. The molecule has 5 heteroatoms. The maximum atomic E-state index is 10.8. The molecule has 0 bridgehead atoms. The van der Waals surface area contributed by atoms with Crippen LogP contribution < -0.4 is 9.47 Å². The van der Waals surface area contributed by atoms with E-state index in [2.05, 4.69) is 0 Å². The van der Waals surface area contributed by atoms with Crippen LogP contribution in [0.4, 0.5) is 0 Å². The summed E-state index contributed by atoms with van der Waals surface area (Å²) in [5.41, 5.74) is 0.977. The Bertz CT molecular complexity index is 414. The molecule has 5 nitrogen and oxygen atoms in total. The van der Waals surface area contributed by atoms with Gasteiger partial charge in [-0.3, -0.25) is 0 Å². The number of hydrogen-bond donors (Lipinski definition) is 2. The Balaban J connectivity index is 3.37. The van der Waals surface area contributed by atoms with Crippen LogP contribution in [-0.4, -0.2) is 30.4 Å². The molecule has 0 aromatic heterocycles. The number of carbonyl (C=O) groups is 1. The fraction of sp³-hybridized carbons (Fsp3) is 0.417. The lowest BCUT2D eigenvalue weighted by Crippen LogP contribution is -2.13. The lowest BCUT2D eigenvalue weighted by Gasteiger charge is -2.17. The molecule has 2 N–H and O–H groups in total. The highest BCUT2D eigenvalue weighted by Gasteiger charge is 2.23. The van der Waals surface area contributed by atoms with Gasteiger partial charge in [0.15, 0.2) is 6.10 Å². The first-order valence-electron chi connectivity index (χ1n) is 5.21. The van der Waals surface area contributed by atoms with Gasteiger partial charge < -0.3 is 19.7 Å². The minimum absolute atomic E-state index is 0.234. The molecule has 1 rings (SSSR count). The second-order valence-electron chi connectivity index (χ2n) is 3.46. The largest absolute Gasteiger partial charge is 0.496 e. The third-order valence-electron chi connectivity index (χ3n) is 2.55. The predicted molar refractivity (Wildman–Crippen MR) is 61.5 cm³/mol. The molecule has 0 aliphatic rings. The van der Waals surface area contributed by atoms with Gasteiger partial charge in [0, 0.05) is 11.1 Å². The van der Waals surface area contributed by atoms with Gasteiger partial charge >= 0.3 is 5.97 Å². The third-order valence-corrected chi connectivity index (χ3v) is 2.55. The van der Waals surface area contributed by atoms with Crippen molar-refractivity contribution in [3.63, 3.8) is 0 Å². The van der Waals surface area contributed by atoms with Gasteiger partial charge in [-0.25, -0.2) is 4.79 Å². The van der Waals surface area contributed by atoms with Crippen LogP contribution in [0.25, 0.3) is 0 Å². The second kappa shape index (κ2) is 5.54. The summed E-state index contributed by atoms with van der Waals surface area (Å²) in [7, 11) is 2.97. The van der Waals surface area contributed by atoms with Crippen LogP contribution in [0, 0.1) is 0 Å². The second-order valence-corrected chi connectivity index (χ2v) is 3.46. The molecule has 0 fully saturated rings. The number of aliphatic hydroxyl groups excluding tert-OH is 1. The molecule has 0 spiro atoms. The number of aliphatic hydroxyl groups is 1. The summed E-state index contributed by atoms with van der Waals surface area (Å²) < 4.78 is 10.3. The lowest BCUT2D eigenvalue weighted by molar-refractivity contribution is -0.147. The van der Waals surface area contributed by atoms with Crippen LogP contribution in [0.2, 0.25) is 0 Å². The van der Waals surface area contributed by atoms with Gasteiger partial charge in [0.25, 0.3) is 0 Å². The van der Waals surface area contributed by atoms with Crippen molar-refractivity contribution in [1.29, 1.82) is 0 Å². The summed E-state index contributed by atoms with van der Waals surface area (Å²) in [6, 6.07) is 3.12. The molecular formula is C12H16O5. The summed E-state index contributed by atoms with van der Waals surface area (Å²) in [6.07, 6.45) is -0.979. The van der Waals surface area contributed by atoms with E-state index < -0.39 is 12.1 Å². The first-order valence-corrected chi connectivity index (χ1v) is 5.21. The Morgan fingerprint density at radius 2 is 2.00 bits per heavy atom. The number of hydrogen-bond acceptors (Lipinski definition) is 4. The summed E-state index contributed by atoms with van der Waals surface area (Å²) in [5.74, 6) is -0.331. The van der Waals surface area contributed by atoms with Gasteiger partial charge in [0.1, 0.15) is 11.5 Å². The van der Waals surface area contributed by atoms with Gasteiger partial charge in [-0.05, 0) is 18.6 Å². The van der Waals surface area contributed by atoms with E-state index in [1.165, 1.54) is 20.3 Å². The Labute approximate surface area is 99.6 Å². The molecule has 0 radical (unpaired) electrons. The van der Waals surface area contributed by atoms with Gasteiger partial charge in [-0.2, -0.15) is 0 Å². The van der Waals surface area contributed by atoms with Gasteiger partial charge in [-0.1, -0.05) is 6.92 Å². The Morgan fingerprint density at radius 1 is 1.35 bits per heavy atom. The predicted octanol–water partition coefficient (Wildman–Crippen LogP) is 1.38. The summed E-state index contributed by atoms with van der Waals surface area (Å²) in [6.45, 7) is 1.90. The zero-order valence-electron chi connectivity index (χ0n) is 10.1. The highest BCUT2D eigenvalue weighted by atomic mass is 16.5. The number of carboxylic acid groups (broad SMARTS) is 1. The van der Waals surface area contributed by atoms with E-state index in [4.69, 9.17) is 14.6 Å². The fourth-order valence-electron chi connectivity index (χ4n) is 1.74. The average molecular weight is 240 g/mol. The monoisotopic (exact) mass is 240 g/mol. The molecule has 1 unspecified atom stereocenters. The quantitative estimate of drug-likeness (QED) is 0.813. The first kappa shape index (κ1) is 13.3. The van der Waals surface area contributed by atoms with Crippen LogP contribution in [0.3, 0.4) is 0 Å². The Kier molecular flexibility index (Phi) is 4.34. The summed E-state index contributed by atoms with van der Waals surface area (Å²) >= 11 is 0. The average Bonchev–Trinajstić information content (AvgIpc) is 2.35. The van der Waals surface area contributed by atoms with Gasteiger partial charge in [0.2, 0.25) is 0 Å². The van der Waals surface area contributed by atoms with E-state index >= 15 is 0 Å². The molecule has 0 heterocycles. The number of benzene rings is 1. The summed E-state index contributed by atoms with van der Waals surface area (Å²) in [4.78, 5) is 10.8. The van der Waals surface area contributed by atoms with Crippen molar-refractivity contribution in [2.75, 3.05) is 14.2 Å². The van der Waals surface area contributed by atoms with Crippen molar-refractivity contribution in [2.24, 2.45) is 0 Å². The zero-order chi connectivity index (χ0) is 13.0. The van der Waals surface area contributed by atoms with Crippen molar-refractivity contribution in [3.05, 3.63) is 23.3 Å². The van der Waals surface area contributed by atoms with E-state index in [9.17, 15) is 9.90 Å². The van der Waals surface area contributed by atoms with Crippen LogP contribution in [-0.2, 0) is 11.2 Å². The number of aliphatic carboxylic acids is 1. The maximum Gasteiger partial charge on any atom is 0.337 e. The van der Waals surface area contributed by atoms with E-state index in [0.717, 1.165) is 5.56 Å². The van der Waals surface area contributed by atoms with Gasteiger partial charge in [-0.15, -0.1) is 0 Å². The lowest BCUT2D eigenvalue weighted by atomic mass is 10.0. The molecule has 94 valence electrons.